The Balaban J connectivity index is 1.67. The molecule has 5 rings (SSSR count). The number of halogens is 3. The number of amides is 1. The van der Waals surface area contributed by atoms with Crippen LogP contribution in [0, 0.1) is 56.2 Å². The molecule has 1 N–H and O–H groups in total. The van der Waals surface area contributed by atoms with Crippen molar-refractivity contribution in [2.75, 3.05) is 0 Å². The molecule has 0 radical (unpaired) electrons. The number of carbonyl (C=O) groups is 3. The van der Waals surface area contributed by atoms with Gasteiger partial charge >= 0.3 is 12.1 Å². The lowest BCUT2D eigenvalue weighted by Crippen LogP contribution is -2.70. The maximum absolute atomic E-state index is 14.4. The Morgan fingerprint density at radius 3 is 2.23 bits per heavy atom. The third-order valence-electron chi connectivity index (χ3n) is 12.5. The van der Waals surface area contributed by atoms with Gasteiger partial charge in [-0.15, -0.1) is 0 Å². The molecule has 0 aromatic carbocycles. The summed E-state index contributed by atoms with van der Waals surface area (Å²) in [4.78, 5) is 39.9. The van der Waals surface area contributed by atoms with E-state index in [4.69, 9.17) is 0 Å². The molecule has 7 unspecified atom stereocenters. The number of ketones is 2. The lowest BCUT2D eigenvalue weighted by atomic mass is 9.35. The van der Waals surface area contributed by atoms with Gasteiger partial charge in [0.25, 0.3) is 0 Å². The first kappa shape index (κ1) is 29.1. The van der Waals surface area contributed by atoms with Crippen molar-refractivity contribution in [3.8, 4) is 6.07 Å². The molecule has 0 aromatic rings. The van der Waals surface area contributed by atoms with Crippen molar-refractivity contribution < 1.29 is 27.6 Å². The lowest BCUT2D eigenvalue weighted by Gasteiger charge is -2.69. The maximum Gasteiger partial charge on any atom is 0.471 e. The molecule has 0 heterocycles. The van der Waals surface area contributed by atoms with Crippen molar-refractivity contribution in [2.24, 2.45) is 44.8 Å². The molecule has 3 fully saturated rings. The molecule has 5 nitrogen and oxygen atoms in total. The van der Waals surface area contributed by atoms with Crippen molar-refractivity contribution >= 4 is 17.5 Å². The second-order valence-corrected chi connectivity index (χ2v) is 15.4. The first-order valence-corrected chi connectivity index (χ1v) is 14.5. The summed E-state index contributed by atoms with van der Waals surface area (Å²) in [5.74, 6) is -3.25. The largest absolute Gasteiger partial charge is 0.471 e. The summed E-state index contributed by atoms with van der Waals surface area (Å²) in [7, 11) is 0. The molecular formula is C32H41F3N2O3. The van der Waals surface area contributed by atoms with Crippen LogP contribution in [0.15, 0.2) is 23.3 Å². The van der Waals surface area contributed by atoms with Crippen LogP contribution in [-0.2, 0) is 14.4 Å². The standard InChI is InChI=1S/C32H41F3N2O3/c1-26(2)10-12-31(37-25(40)32(33,34)35)13-11-30(7)23(19(31)16-26)20(38)14-22-28(5)15-18(17-36)24(39)27(3,4)21(28)8-9-29(22,30)6/h14-15,19,21,23H,8-13,16H2,1-7H3,(H,37,40). The fourth-order valence-corrected chi connectivity index (χ4v) is 10.1. The highest BCUT2D eigenvalue weighted by Gasteiger charge is 2.70. The number of nitrogens with one attached hydrogen (secondary N) is 1. The number of Topliss-reactive ketones (excluding diaryl/α,β-unsaturated/α-hetero) is 1. The smallest absolute Gasteiger partial charge is 0.343 e. The molecule has 1 amide bonds. The molecule has 0 aromatic heterocycles. The zero-order chi connectivity index (χ0) is 29.9. The topological polar surface area (TPSA) is 87.0 Å². The van der Waals surface area contributed by atoms with E-state index in [0.717, 1.165) is 18.4 Å². The van der Waals surface area contributed by atoms with Crippen LogP contribution in [0.4, 0.5) is 13.2 Å². The molecule has 40 heavy (non-hydrogen) atoms. The van der Waals surface area contributed by atoms with Gasteiger partial charge in [-0.2, -0.15) is 18.4 Å². The van der Waals surface area contributed by atoms with Crippen molar-refractivity contribution in [3.05, 3.63) is 23.3 Å². The van der Waals surface area contributed by atoms with Gasteiger partial charge in [0.15, 0.2) is 11.6 Å². The van der Waals surface area contributed by atoms with Crippen LogP contribution in [0.1, 0.15) is 93.4 Å². The second kappa shape index (κ2) is 8.32. The average Bonchev–Trinajstić information content (AvgIpc) is 2.83. The molecule has 0 aliphatic heterocycles. The molecule has 0 spiro atoms. The maximum atomic E-state index is 14.4. The van der Waals surface area contributed by atoms with Crippen LogP contribution in [0.25, 0.3) is 0 Å². The molecule has 8 heteroatoms. The Hall–Kier alpha value is -2.43. The van der Waals surface area contributed by atoms with Gasteiger partial charge in [-0.3, -0.25) is 14.4 Å². The Bertz CT molecular complexity index is 1300. The number of carbonyl (C=O) groups excluding carboxylic acids is 3. The Morgan fingerprint density at radius 1 is 1.00 bits per heavy atom. The number of hydrogen-bond donors (Lipinski definition) is 1. The fraction of sp³-hybridized carbons (Fsp3) is 0.750. The van der Waals surface area contributed by atoms with Gasteiger partial charge in [-0.1, -0.05) is 60.1 Å². The summed E-state index contributed by atoms with van der Waals surface area (Å²) in [5.41, 5.74) is -2.67. The molecule has 218 valence electrons. The predicted octanol–water partition coefficient (Wildman–Crippen LogP) is 6.64. The first-order chi connectivity index (χ1) is 18.2. The van der Waals surface area contributed by atoms with Crippen molar-refractivity contribution in [3.63, 3.8) is 0 Å². The van der Waals surface area contributed by atoms with E-state index in [1.54, 1.807) is 12.2 Å². The Kier molecular flexibility index (Phi) is 6.05. The summed E-state index contributed by atoms with van der Waals surface area (Å²) in [6, 6.07) is 2.10. The average molecular weight is 559 g/mol. The minimum absolute atomic E-state index is 0.0840. The van der Waals surface area contributed by atoms with Crippen molar-refractivity contribution in [2.45, 2.75) is 105 Å². The second-order valence-electron chi connectivity index (χ2n) is 15.4. The molecular weight excluding hydrogens is 517 g/mol. The number of alkyl halides is 3. The number of rotatable bonds is 1. The fourth-order valence-electron chi connectivity index (χ4n) is 10.1. The molecule has 7 atom stereocenters. The molecule has 5 aliphatic rings. The van der Waals surface area contributed by atoms with E-state index in [-0.39, 0.29) is 28.5 Å². The monoisotopic (exact) mass is 558 g/mol. The summed E-state index contributed by atoms with van der Waals surface area (Å²) >= 11 is 0. The van der Waals surface area contributed by atoms with Gasteiger partial charge in [0.05, 0.1) is 5.57 Å². The van der Waals surface area contributed by atoms with Crippen LogP contribution in [0.5, 0.6) is 0 Å². The minimum Gasteiger partial charge on any atom is -0.343 e. The van der Waals surface area contributed by atoms with Crippen LogP contribution >= 0.6 is 0 Å². The van der Waals surface area contributed by atoms with Crippen LogP contribution in [-0.4, -0.2) is 29.2 Å². The highest BCUT2D eigenvalue weighted by molar-refractivity contribution is 6.04. The van der Waals surface area contributed by atoms with Gasteiger partial charge in [-0.05, 0) is 79.1 Å². The zero-order valence-electron chi connectivity index (χ0n) is 24.6. The Morgan fingerprint density at radius 2 is 1.62 bits per heavy atom. The van der Waals surface area contributed by atoms with Gasteiger partial charge in [0, 0.05) is 22.3 Å². The van der Waals surface area contributed by atoms with E-state index >= 15 is 0 Å². The van der Waals surface area contributed by atoms with Gasteiger partial charge in [0.1, 0.15) is 6.07 Å². The SMILES string of the molecule is CC1(C)CCC2(NC(=O)C(F)(F)F)CCC3(C)C(C(=O)C=C4C5(C)C=C(C#N)C(=O)C(C)(C)C5CCC43C)C2C1. The summed E-state index contributed by atoms with van der Waals surface area (Å²) in [6.07, 6.45) is 2.50. The van der Waals surface area contributed by atoms with E-state index in [9.17, 15) is 32.8 Å². The van der Waals surface area contributed by atoms with Crippen LogP contribution < -0.4 is 5.32 Å². The van der Waals surface area contributed by atoms with Crippen molar-refractivity contribution in [1.29, 1.82) is 5.26 Å². The molecule has 5 aliphatic carbocycles. The molecule has 3 saturated carbocycles. The number of nitriles is 1. The summed E-state index contributed by atoms with van der Waals surface area (Å²) in [5, 5.41) is 12.3. The van der Waals surface area contributed by atoms with Crippen LogP contribution in [0.3, 0.4) is 0 Å². The third kappa shape index (κ3) is 3.67. The third-order valence-corrected chi connectivity index (χ3v) is 12.5. The minimum atomic E-state index is -4.99. The lowest BCUT2D eigenvalue weighted by molar-refractivity contribution is -0.185. The quantitative estimate of drug-likeness (QED) is 0.391. The highest BCUT2D eigenvalue weighted by atomic mass is 19.4. The van der Waals surface area contributed by atoms with Crippen LogP contribution in [0.2, 0.25) is 0 Å². The normalized spacial score (nSPS) is 43.6. The number of hydrogen-bond acceptors (Lipinski definition) is 4. The van der Waals surface area contributed by atoms with E-state index in [0.29, 0.717) is 32.1 Å². The molecule has 0 saturated heterocycles. The summed E-state index contributed by atoms with van der Waals surface area (Å²) < 4.78 is 40.5. The van der Waals surface area contributed by atoms with E-state index in [2.05, 4.69) is 39.1 Å². The number of allylic oxidation sites excluding steroid dienone is 4. The van der Waals surface area contributed by atoms with E-state index < -0.39 is 51.1 Å². The number of fused-ring (bicyclic) bond motifs is 7. The van der Waals surface area contributed by atoms with Gasteiger partial charge < -0.3 is 5.32 Å². The predicted molar refractivity (Wildman–Crippen MR) is 143 cm³/mol. The van der Waals surface area contributed by atoms with Crippen molar-refractivity contribution in [1.82, 2.24) is 5.32 Å². The first-order valence-electron chi connectivity index (χ1n) is 14.5. The summed E-state index contributed by atoms with van der Waals surface area (Å²) in [6.45, 7) is 14.3. The van der Waals surface area contributed by atoms with E-state index in [1.165, 1.54) is 0 Å². The van der Waals surface area contributed by atoms with E-state index in [1.807, 2.05) is 20.8 Å². The Labute approximate surface area is 235 Å². The number of nitrogens with zero attached hydrogens (tertiary/aromatic N) is 1. The van der Waals surface area contributed by atoms with Gasteiger partial charge in [0.2, 0.25) is 0 Å². The van der Waals surface area contributed by atoms with Gasteiger partial charge in [-0.25, -0.2) is 0 Å². The molecule has 0 bridgehead atoms. The zero-order valence-corrected chi connectivity index (χ0v) is 24.6. The highest BCUT2D eigenvalue weighted by Crippen LogP contribution is 2.73.